The van der Waals surface area contributed by atoms with Crippen molar-refractivity contribution in [3.05, 3.63) is 151 Å². The van der Waals surface area contributed by atoms with Gasteiger partial charge in [0.25, 0.3) is 0 Å². The zero-order chi connectivity index (χ0) is 33.8. The van der Waals surface area contributed by atoms with E-state index in [1.54, 1.807) is 0 Å². The van der Waals surface area contributed by atoms with E-state index in [0.717, 1.165) is 33.8 Å². The first-order valence-electron chi connectivity index (χ1n) is 17.3. The molecule has 0 fully saturated rings. The fourth-order valence-electron chi connectivity index (χ4n) is 8.56. The summed E-state index contributed by atoms with van der Waals surface area (Å²) in [6, 6.07) is 48.7. The predicted octanol–water partition coefficient (Wildman–Crippen LogP) is 10.5. The van der Waals surface area contributed by atoms with Gasteiger partial charge in [0.05, 0.1) is 22.4 Å². The van der Waals surface area contributed by atoms with E-state index >= 15 is 0 Å². The van der Waals surface area contributed by atoms with Gasteiger partial charge in [-0.05, 0) is 75.1 Å². The van der Waals surface area contributed by atoms with Crippen molar-refractivity contribution >= 4 is 52.0 Å². The van der Waals surface area contributed by atoms with Crippen molar-refractivity contribution in [3.63, 3.8) is 0 Å². The highest BCUT2D eigenvalue weighted by Crippen LogP contribution is 2.54. The number of nitrogens with zero attached hydrogens (tertiary/aromatic N) is 3. The summed E-state index contributed by atoms with van der Waals surface area (Å²) in [6.07, 6.45) is 1.86. The summed E-state index contributed by atoms with van der Waals surface area (Å²) in [4.78, 5) is 12.9. The van der Waals surface area contributed by atoms with Gasteiger partial charge in [-0.1, -0.05) is 130 Å². The summed E-state index contributed by atoms with van der Waals surface area (Å²) in [5, 5.41) is 5.44. The minimum Gasteiger partial charge on any atom is -0.294 e. The summed E-state index contributed by atoms with van der Waals surface area (Å²) < 4.78 is 2.32. The van der Waals surface area contributed by atoms with Crippen molar-refractivity contribution in [2.24, 2.45) is 0 Å². The van der Waals surface area contributed by atoms with Crippen LogP contribution in [0.25, 0.3) is 61.3 Å². The normalized spacial score (nSPS) is 15.0. The van der Waals surface area contributed by atoms with E-state index in [1.807, 2.05) is 30.1 Å². The Labute approximate surface area is 297 Å². The van der Waals surface area contributed by atoms with Crippen molar-refractivity contribution in [1.82, 2.24) is 14.5 Å². The van der Waals surface area contributed by atoms with Crippen LogP contribution in [0.3, 0.4) is 0 Å². The van der Waals surface area contributed by atoms with Gasteiger partial charge in [-0.25, -0.2) is 4.98 Å². The van der Waals surface area contributed by atoms with Crippen molar-refractivity contribution in [2.75, 3.05) is 0 Å². The second-order valence-electron chi connectivity index (χ2n) is 14.6. The highest BCUT2D eigenvalue weighted by molar-refractivity contribution is 8.00. The molecule has 240 valence electrons. The Morgan fingerprint density at radius 3 is 2.22 bits per heavy atom. The van der Waals surface area contributed by atoms with Crippen LogP contribution in [0.2, 0.25) is 13.1 Å². The van der Waals surface area contributed by atoms with Gasteiger partial charge in [0.1, 0.15) is 13.9 Å². The number of rotatable bonds is 3. The molecule has 0 saturated carbocycles. The summed E-state index contributed by atoms with van der Waals surface area (Å²) in [5.74, 6) is 0.922. The monoisotopic (exact) mass is 677 g/mol. The van der Waals surface area contributed by atoms with Crippen LogP contribution in [0.5, 0.6) is 0 Å². The molecule has 4 heterocycles. The van der Waals surface area contributed by atoms with E-state index in [2.05, 4.69) is 158 Å². The van der Waals surface area contributed by atoms with E-state index in [9.17, 15) is 0 Å². The lowest BCUT2D eigenvalue weighted by molar-refractivity contribution is 0.660. The fourth-order valence-corrected chi connectivity index (χ4v) is 14.3. The quantitative estimate of drug-likeness (QED) is 0.174. The van der Waals surface area contributed by atoms with Crippen LogP contribution in [0.1, 0.15) is 25.0 Å². The lowest BCUT2D eigenvalue weighted by Gasteiger charge is -2.35. The molecular weight excluding hydrogens is 643 g/mol. The molecule has 1 aliphatic heterocycles. The topological polar surface area (TPSA) is 30.7 Å². The van der Waals surface area contributed by atoms with E-state index in [-0.39, 0.29) is 5.41 Å². The average molecular weight is 678 g/mol. The Hall–Kier alpha value is -5.23. The van der Waals surface area contributed by atoms with Crippen LogP contribution in [0, 0.1) is 0 Å². The van der Waals surface area contributed by atoms with Crippen LogP contribution in [-0.2, 0) is 5.41 Å². The number of benzene rings is 5. The zero-order valence-electron chi connectivity index (χ0n) is 28.5. The van der Waals surface area contributed by atoms with Crippen molar-refractivity contribution < 1.29 is 0 Å². The average Bonchev–Trinajstić information content (AvgIpc) is 3.60. The minimum absolute atomic E-state index is 0.0242. The molecule has 5 aromatic carbocycles. The number of hydrogen-bond acceptors (Lipinski definition) is 3. The van der Waals surface area contributed by atoms with E-state index < -0.39 is 8.07 Å². The van der Waals surface area contributed by atoms with Crippen LogP contribution in [-0.4, -0.2) is 22.6 Å². The summed E-state index contributed by atoms with van der Waals surface area (Å²) in [5.41, 5.74) is 12.3. The second-order valence-corrected chi connectivity index (χ2v) is 20.0. The van der Waals surface area contributed by atoms with Crippen LogP contribution in [0.15, 0.2) is 149 Å². The predicted molar refractivity (Wildman–Crippen MR) is 212 cm³/mol. The largest absolute Gasteiger partial charge is 0.294 e. The number of fused-ring (bicyclic) bond motifs is 9. The van der Waals surface area contributed by atoms with E-state index in [1.165, 1.54) is 58.8 Å². The summed E-state index contributed by atoms with van der Waals surface area (Å²) >= 11 is 1.97. The molecule has 0 radical (unpaired) electrons. The molecule has 0 spiro atoms. The Balaban J connectivity index is 1.14. The molecule has 3 aromatic heterocycles. The lowest BCUT2D eigenvalue weighted by atomic mass is 9.82. The molecule has 50 heavy (non-hydrogen) atoms. The first-order chi connectivity index (χ1) is 24.3. The van der Waals surface area contributed by atoms with Crippen molar-refractivity contribution in [1.29, 1.82) is 0 Å². The molecule has 5 heteroatoms. The Kier molecular flexibility index (Phi) is 6.31. The third-order valence-electron chi connectivity index (χ3n) is 11.1. The van der Waals surface area contributed by atoms with Gasteiger partial charge >= 0.3 is 0 Å². The molecule has 3 nitrogen and oxygen atoms in total. The first-order valence-corrected chi connectivity index (χ1v) is 21.2. The Morgan fingerprint density at radius 1 is 0.600 bits per heavy atom. The Morgan fingerprint density at radius 2 is 1.34 bits per heavy atom. The van der Waals surface area contributed by atoms with Gasteiger partial charge in [0.15, 0.2) is 0 Å². The maximum atomic E-state index is 5.46. The minimum atomic E-state index is -2.04. The second kappa shape index (κ2) is 10.6. The lowest BCUT2D eigenvalue weighted by Crippen LogP contribution is -2.56. The fraction of sp³-hybridized carbons (Fsp3) is 0.111. The molecule has 0 bridgehead atoms. The van der Waals surface area contributed by atoms with Crippen molar-refractivity contribution in [2.45, 2.75) is 42.1 Å². The standard InChI is InChI=1S/C45H35N3SSi/c1-45(2)33-16-7-5-14-30(33)42-34(45)23-25-40-44(42)49-43-31(15-11-20-39(43)50(40,3)4)36-18-12-21-41(47-36)48-37-19-8-6-13-29(37)32-27-28(22-24-38(32)48)35-17-9-10-26-46-35/h5-27H,1-4H3. The number of para-hydroxylation sites is 1. The van der Waals surface area contributed by atoms with Crippen LogP contribution in [0.4, 0.5) is 0 Å². The van der Waals surface area contributed by atoms with Crippen molar-refractivity contribution in [3.8, 4) is 39.5 Å². The SMILES string of the molecule is CC1(C)c2ccccc2-c2c1ccc1c2Sc2c(-c3cccc(-n4c5ccccc5c5cc(-c6ccccn6)ccc54)n3)cccc2[Si]1(C)C. The van der Waals surface area contributed by atoms with Gasteiger partial charge in [0.2, 0.25) is 0 Å². The highest BCUT2D eigenvalue weighted by atomic mass is 32.2. The number of aromatic nitrogens is 3. The van der Waals surface area contributed by atoms with Gasteiger partial charge in [0, 0.05) is 43.3 Å². The molecule has 0 atom stereocenters. The first kappa shape index (κ1) is 29.7. The van der Waals surface area contributed by atoms with Crippen LogP contribution < -0.4 is 10.4 Å². The number of pyridine rings is 2. The summed E-state index contributed by atoms with van der Waals surface area (Å²) in [7, 11) is -2.04. The smallest absolute Gasteiger partial charge is 0.138 e. The van der Waals surface area contributed by atoms with Gasteiger partial charge < -0.3 is 0 Å². The zero-order valence-corrected chi connectivity index (χ0v) is 30.3. The maximum absolute atomic E-state index is 5.46. The maximum Gasteiger partial charge on any atom is 0.138 e. The van der Waals surface area contributed by atoms with E-state index in [0.29, 0.717) is 0 Å². The van der Waals surface area contributed by atoms with Gasteiger partial charge in [-0.3, -0.25) is 9.55 Å². The third kappa shape index (κ3) is 4.11. The summed E-state index contributed by atoms with van der Waals surface area (Å²) in [6.45, 7) is 9.80. The highest BCUT2D eigenvalue weighted by Gasteiger charge is 2.43. The molecule has 0 amide bonds. The third-order valence-corrected chi connectivity index (χ3v) is 16.3. The van der Waals surface area contributed by atoms with Crippen LogP contribution >= 0.6 is 11.8 Å². The molecule has 0 saturated heterocycles. The van der Waals surface area contributed by atoms with Gasteiger partial charge in [-0.15, -0.1) is 0 Å². The number of hydrogen-bond donors (Lipinski definition) is 0. The molecular formula is C45H35N3SSi. The van der Waals surface area contributed by atoms with Gasteiger partial charge in [-0.2, -0.15) is 0 Å². The van der Waals surface area contributed by atoms with E-state index in [4.69, 9.17) is 4.98 Å². The Bertz CT molecular complexity index is 2690. The molecule has 2 aliphatic rings. The molecule has 10 rings (SSSR count). The molecule has 8 aromatic rings. The molecule has 1 aliphatic carbocycles. The molecule has 0 unspecified atom stereocenters. The molecule has 0 N–H and O–H groups in total.